The van der Waals surface area contributed by atoms with Crippen LogP contribution in [0.3, 0.4) is 0 Å². The number of carbonyl (C=O) groups excluding carboxylic acids is 1. The molecule has 6 heteroatoms. The molecule has 1 N–H and O–H groups in total. The predicted molar refractivity (Wildman–Crippen MR) is 118 cm³/mol. The highest BCUT2D eigenvalue weighted by Crippen LogP contribution is 2.29. The molecule has 1 amide bonds. The summed E-state index contributed by atoms with van der Waals surface area (Å²) in [4.78, 5) is 12.5. The molecule has 0 unspecified atom stereocenters. The minimum atomic E-state index is -0.364. The van der Waals surface area contributed by atoms with Gasteiger partial charge in [0, 0.05) is 11.3 Å². The number of nitrogens with one attached hydrogen (secondary N) is 1. The highest BCUT2D eigenvalue weighted by molar-refractivity contribution is 8.00. The summed E-state index contributed by atoms with van der Waals surface area (Å²) in [5.41, 5.74) is 4.22. The lowest BCUT2D eigenvalue weighted by Gasteiger charge is -2.18. The summed E-state index contributed by atoms with van der Waals surface area (Å²) >= 11 is 1.25. The van der Waals surface area contributed by atoms with E-state index < -0.39 is 0 Å². The van der Waals surface area contributed by atoms with Crippen molar-refractivity contribution < 1.29 is 9.21 Å². The Kier molecular flexibility index (Phi) is 6.42. The first-order chi connectivity index (χ1) is 13.8. The molecule has 5 nitrogen and oxygen atoms in total. The summed E-state index contributed by atoms with van der Waals surface area (Å²) < 4.78 is 5.76. The number of hydrogen-bond donors (Lipinski definition) is 1. The Labute approximate surface area is 176 Å². The van der Waals surface area contributed by atoms with Crippen molar-refractivity contribution in [3.63, 3.8) is 0 Å². The lowest BCUT2D eigenvalue weighted by molar-refractivity contribution is -0.115. The van der Waals surface area contributed by atoms with Crippen LogP contribution in [-0.2, 0) is 16.6 Å². The molecule has 3 rings (SSSR count). The number of aromatic nitrogens is 2. The van der Waals surface area contributed by atoms with Gasteiger partial charge >= 0.3 is 0 Å². The van der Waals surface area contributed by atoms with Gasteiger partial charge in [0.05, 0.1) is 5.25 Å². The molecule has 3 aromatic rings. The summed E-state index contributed by atoms with van der Waals surface area (Å²) in [7, 11) is 0. The number of amides is 1. The first-order valence-corrected chi connectivity index (χ1v) is 10.6. The maximum Gasteiger partial charge on any atom is 0.277 e. The van der Waals surface area contributed by atoms with E-state index in [1.165, 1.54) is 22.9 Å². The number of nitrogens with zero attached hydrogens (tertiary/aromatic N) is 2. The molecule has 1 aromatic heterocycles. The van der Waals surface area contributed by atoms with Crippen molar-refractivity contribution in [2.75, 3.05) is 5.32 Å². The normalized spacial score (nSPS) is 12.6. The number of thioether (sulfide) groups is 1. The van der Waals surface area contributed by atoms with Crippen LogP contribution < -0.4 is 5.32 Å². The second kappa shape index (κ2) is 8.82. The van der Waals surface area contributed by atoms with Crippen LogP contribution in [0.25, 0.3) is 11.5 Å². The van der Waals surface area contributed by atoms with E-state index in [0.29, 0.717) is 11.1 Å². The Hall–Kier alpha value is -2.60. The van der Waals surface area contributed by atoms with Crippen LogP contribution >= 0.6 is 11.8 Å². The van der Waals surface area contributed by atoms with Crippen LogP contribution in [0.5, 0.6) is 0 Å². The first kappa shape index (κ1) is 21.1. The fourth-order valence-electron chi connectivity index (χ4n) is 2.76. The molecule has 0 radical (unpaired) electrons. The molecule has 0 aliphatic carbocycles. The van der Waals surface area contributed by atoms with Gasteiger partial charge in [-0.05, 0) is 54.2 Å². The van der Waals surface area contributed by atoms with E-state index in [9.17, 15) is 4.79 Å². The molecule has 152 valence electrons. The van der Waals surface area contributed by atoms with Crippen LogP contribution in [0, 0.1) is 0 Å². The zero-order valence-electron chi connectivity index (χ0n) is 17.5. The zero-order valence-corrected chi connectivity index (χ0v) is 18.3. The lowest BCUT2D eigenvalue weighted by atomic mass is 9.87. The van der Waals surface area contributed by atoms with E-state index in [1.807, 2.05) is 43.3 Å². The third-order valence-electron chi connectivity index (χ3n) is 4.68. The summed E-state index contributed by atoms with van der Waals surface area (Å²) in [6.45, 7) is 10.4. The molecule has 0 aliphatic heterocycles. The van der Waals surface area contributed by atoms with Crippen molar-refractivity contribution in [2.24, 2.45) is 0 Å². The summed E-state index contributed by atoms with van der Waals surface area (Å²) in [6.07, 6.45) is 0.971. The van der Waals surface area contributed by atoms with E-state index in [0.717, 1.165) is 17.7 Å². The van der Waals surface area contributed by atoms with Crippen molar-refractivity contribution in [3.8, 4) is 11.5 Å². The molecular formula is C23H27N3O2S. The van der Waals surface area contributed by atoms with Crippen LogP contribution in [0.4, 0.5) is 5.69 Å². The van der Waals surface area contributed by atoms with Crippen LogP contribution in [-0.4, -0.2) is 21.4 Å². The van der Waals surface area contributed by atoms with E-state index in [2.05, 4.69) is 55.3 Å². The van der Waals surface area contributed by atoms with Crippen LogP contribution in [0.15, 0.2) is 58.2 Å². The zero-order chi connectivity index (χ0) is 21.0. The molecule has 1 atom stereocenters. The van der Waals surface area contributed by atoms with Crippen molar-refractivity contribution in [2.45, 2.75) is 56.9 Å². The maximum absolute atomic E-state index is 12.5. The standard InChI is InChI=1S/C23H27N3O2S/c1-6-16-7-13-19(14-8-16)24-20(27)15(2)29-22-26-25-21(28-22)17-9-11-18(12-10-17)23(3,4)5/h7-15H,6H2,1-5H3,(H,24,27)/t15-/m0/s1. The van der Waals surface area contributed by atoms with E-state index in [-0.39, 0.29) is 16.6 Å². The topological polar surface area (TPSA) is 68.0 Å². The Morgan fingerprint density at radius 1 is 1.07 bits per heavy atom. The molecular weight excluding hydrogens is 382 g/mol. The summed E-state index contributed by atoms with van der Waals surface area (Å²) in [6, 6.07) is 16.0. The second-order valence-corrected chi connectivity index (χ2v) is 9.29. The number of rotatable bonds is 6. The van der Waals surface area contributed by atoms with Crippen LogP contribution in [0.2, 0.25) is 0 Å². The minimum Gasteiger partial charge on any atom is -0.411 e. The molecule has 0 spiro atoms. The third kappa shape index (κ3) is 5.48. The minimum absolute atomic E-state index is 0.0913. The highest BCUT2D eigenvalue weighted by atomic mass is 32.2. The van der Waals surface area contributed by atoms with Gasteiger partial charge in [0.1, 0.15) is 0 Å². The van der Waals surface area contributed by atoms with Crippen molar-refractivity contribution in [1.29, 1.82) is 0 Å². The number of hydrogen-bond acceptors (Lipinski definition) is 5. The molecule has 0 aliphatic rings. The number of carbonyl (C=O) groups is 1. The van der Waals surface area contributed by atoms with Gasteiger partial charge in [-0.25, -0.2) is 0 Å². The Morgan fingerprint density at radius 3 is 2.31 bits per heavy atom. The molecule has 2 aromatic carbocycles. The highest BCUT2D eigenvalue weighted by Gasteiger charge is 2.19. The van der Waals surface area contributed by atoms with Crippen molar-refractivity contribution in [3.05, 3.63) is 59.7 Å². The van der Waals surface area contributed by atoms with Gasteiger partial charge in [0.2, 0.25) is 11.8 Å². The van der Waals surface area contributed by atoms with E-state index in [4.69, 9.17) is 4.42 Å². The number of aryl methyl sites for hydroxylation is 1. The quantitative estimate of drug-likeness (QED) is 0.528. The fourth-order valence-corrected chi connectivity index (χ4v) is 3.44. The van der Waals surface area contributed by atoms with Gasteiger partial charge in [-0.3, -0.25) is 4.79 Å². The molecule has 0 fully saturated rings. The van der Waals surface area contributed by atoms with E-state index >= 15 is 0 Å². The molecule has 0 saturated carbocycles. The van der Waals surface area contributed by atoms with Gasteiger partial charge in [0.15, 0.2) is 0 Å². The van der Waals surface area contributed by atoms with E-state index in [1.54, 1.807) is 0 Å². The smallest absolute Gasteiger partial charge is 0.277 e. The second-order valence-electron chi connectivity index (χ2n) is 8.00. The van der Waals surface area contributed by atoms with Gasteiger partial charge in [-0.15, -0.1) is 10.2 Å². The van der Waals surface area contributed by atoms with Gasteiger partial charge in [0.25, 0.3) is 5.22 Å². The Bertz CT molecular complexity index is 957. The lowest BCUT2D eigenvalue weighted by Crippen LogP contribution is -2.22. The molecule has 1 heterocycles. The average Bonchev–Trinajstić information content (AvgIpc) is 3.16. The average molecular weight is 410 g/mol. The van der Waals surface area contributed by atoms with Gasteiger partial charge < -0.3 is 9.73 Å². The fraction of sp³-hybridized carbons (Fsp3) is 0.348. The maximum atomic E-state index is 12.5. The number of anilines is 1. The molecule has 29 heavy (non-hydrogen) atoms. The molecule has 0 bridgehead atoms. The monoisotopic (exact) mass is 409 g/mol. The first-order valence-electron chi connectivity index (χ1n) is 9.77. The van der Waals surface area contributed by atoms with Crippen LogP contribution in [0.1, 0.15) is 45.7 Å². The predicted octanol–water partition coefficient (Wildman–Crippen LogP) is 5.72. The largest absolute Gasteiger partial charge is 0.411 e. The van der Waals surface area contributed by atoms with Crippen molar-refractivity contribution in [1.82, 2.24) is 10.2 Å². The Balaban J connectivity index is 1.62. The Morgan fingerprint density at radius 2 is 1.72 bits per heavy atom. The van der Waals surface area contributed by atoms with Gasteiger partial charge in [-0.1, -0.05) is 63.7 Å². The summed E-state index contributed by atoms with van der Waals surface area (Å²) in [5, 5.41) is 11.1. The third-order valence-corrected chi connectivity index (χ3v) is 5.62. The number of benzene rings is 2. The van der Waals surface area contributed by atoms with Gasteiger partial charge in [-0.2, -0.15) is 0 Å². The SMILES string of the molecule is CCc1ccc(NC(=O)[C@H](C)Sc2nnc(-c3ccc(C(C)(C)C)cc3)o2)cc1. The summed E-state index contributed by atoms with van der Waals surface area (Å²) in [5.74, 6) is 0.351. The van der Waals surface area contributed by atoms with Crippen molar-refractivity contribution >= 4 is 23.4 Å². The molecule has 0 saturated heterocycles.